The number of aromatic nitrogens is 2. The van der Waals surface area contributed by atoms with Crippen molar-refractivity contribution in [1.82, 2.24) is 9.13 Å². The summed E-state index contributed by atoms with van der Waals surface area (Å²) in [6, 6.07) is 56.8. The fourth-order valence-electron chi connectivity index (χ4n) is 8.69. The molecule has 0 aliphatic carbocycles. The van der Waals surface area contributed by atoms with Crippen molar-refractivity contribution in [1.29, 1.82) is 0 Å². The first-order valence-corrected chi connectivity index (χ1v) is 18.7. The zero-order chi connectivity index (χ0) is 37.2. The molecule has 0 bridgehead atoms. The van der Waals surface area contributed by atoms with Crippen LogP contribution in [0.3, 0.4) is 0 Å². The van der Waals surface area contributed by atoms with Gasteiger partial charge in [-0.3, -0.25) is 0 Å². The summed E-state index contributed by atoms with van der Waals surface area (Å²) in [5.74, 6) is 1.74. The number of fused-ring (bicyclic) bond motifs is 6. The summed E-state index contributed by atoms with van der Waals surface area (Å²) in [5.41, 5.74) is 11.0. The van der Waals surface area contributed by atoms with Gasteiger partial charge in [-0.05, 0) is 47.5 Å². The highest BCUT2D eigenvalue weighted by Crippen LogP contribution is 2.43. The Morgan fingerprint density at radius 1 is 0.370 bits per heavy atom. The van der Waals surface area contributed by atoms with E-state index in [1.807, 2.05) is 0 Å². The highest BCUT2D eigenvalue weighted by molar-refractivity contribution is 6.10. The fourth-order valence-corrected chi connectivity index (χ4v) is 8.69. The molecule has 2 heterocycles. The van der Waals surface area contributed by atoms with E-state index in [-0.39, 0.29) is 10.8 Å². The Morgan fingerprint density at radius 2 is 0.667 bits per heavy atom. The Kier molecular flexibility index (Phi) is 7.90. The van der Waals surface area contributed by atoms with E-state index in [9.17, 15) is 0 Å². The Labute approximate surface area is 316 Å². The van der Waals surface area contributed by atoms with Crippen molar-refractivity contribution in [2.24, 2.45) is 0 Å². The summed E-state index contributed by atoms with van der Waals surface area (Å²) < 4.78 is 16.9. The standard InChI is InChI=1S/C50H44N2O2/c1-49(2,41-29-27-35(31-47(41)53-5)51-43-19-11-7-15-37(43)38-16-8-12-20-44(38)51)33-23-25-34(26-24-33)50(3,4)42-30-28-36(32-48(42)54-6)52-45-21-13-9-17-39(45)40-18-10-14-22-46(40)52/h7-32H,1-6H3. The van der Waals surface area contributed by atoms with Crippen molar-refractivity contribution in [3.05, 3.63) is 180 Å². The van der Waals surface area contributed by atoms with E-state index < -0.39 is 0 Å². The number of para-hydroxylation sites is 4. The van der Waals surface area contributed by atoms with Crippen LogP contribution in [0.2, 0.25) is 0 Å². The molecular weight excluding hydrogens is 661 g/mol. The maximum absolute atomic E-state index is 6.13. The van der Waals surface area contributed by atoms with E-state index >= 15 is 0 Å². The average molecular weight is 705 g/mol. The van der Waals surface area contributed by atoms with Crippen LogP contribution in [0.5, 0.6) is 11.5 Å². The molecule has 0 aliphatic rings. The SMILES string of the molecule is COc1cc(-n2c3ccccc3c3ccccc32)ccc1C(C)(C)c1ccc(C(C)(C)c2ccc(-n3c4ccccc4c4ccccc43)cc2OC)cc1. The minimum absolute atomic E-state index is 0.310. The molecule has 4 heteroatoms. The van der Waals surface area contributed by atoms with Crippen molar-refractivity contribution in [3.8, 4) is 22.9 Å². The summed E-state index contributed by atoms with van der Waals surface area (Å²) >= 11 is 0. The third kappa shape index (κ3) is 5.12. The van der Waals surface area contributed by atoms with E-state index in [0.717, 1.165) is 34.0 Å². The van der Waals surface area contributed by atoms with Gasteiger partial charge in [0.05, 0.1) is 36.3 Å². The lowest BCUT2D eigenvalue weighted by molar-refractivity contribution is 0.400. The Bertz CT molecular complexity index is 2550. The molecule has 9 aromatic rings. The molecule has 266 valence electrons. The van der Waals surface area contributed by atoms with Gasteiger partial charge < -0.3 is 18.6 Å². The Balaban J connectivity index is 1.05. The number of benzene rings is 7. The zero-order valence-electron chi connectivity index (χ0n) is 31.7. The second-order valence-electron chi connectivity index (χ2n) is 15.3. The fraction of sp³-hybridized carbons (Fsp3) is 0.160. The summed E-state index contributed by atoms with van der Waals surface area (Å²) in [6.45, 7) is 9.12. The minimum Gasteiger partial charge on any atom is -0.496 e. The van der Waals surface area contributed by atoms with Crippen LogP contribution in [-0.4, -0.2) is 23.4 Å². The maximum atomic E-state index is 6.13. The molecule has 0 spiro atoms. The highest BCUT2D eigenvalue weighted by atomic mass is 16.5. The molecule has 0 aliphatic heterocycles. The number of hydrogen-bond donors (Lipinski definition) is 0. The third-order valence-corrected chi connectivity index (χ3v) is 11.7. The van der Waals surface area contributed by atoms with Crippen LogP contribution in [-0.2, 0) is 10.8 Å². The summed E-state index contributed by atoms with van der Waals surface area (Å²) in [5, 5.41) is 4.99. The monoisotopic (exact) mass is 704 g/mol. The lowest BCUT2D eigenvalue weighted by atomic mass is 9.74. The highest BCUT2D eigenvalue weighted by Gasteiger charge is 2.31. The van der Waals surface area contributed by atoms with Crippen LogP contribution in [0.4, 0.5) is 0 Å². The van der Waals surface area contributed by atoms with Gasteiger partial charge in [0.25, 0.3) is 0 Å². The van der Waals surface area contributed by atoms with Crippen LogP contribution < -0.4 is 9.47 Å². The van der Waals surface area contributed by atoms with Crippen LogP contribution in [0.1, 0.15) is 49.9 Å². The molecule has 0 radical (unpaired) electrons. The van der Waals surface area contributed by atoms with E-state index in [4.69, 9.17) is 9.47 Å². The Hall–Kier alpha value is -6.26. The average Bonchev–Trinajstić information content (AvgIpc) is 3.73. The maximum Gasteiger partial charge on any atom is 0.125 e. The molecule has 7 aromatic carbocycles. The van der Waals surface area contributed by atoms with Gasteiger partial charge in [0.1, 0.15) is 11.5 Å². The van der Waals surface area contributed by atoms with Gasteiger partial charge in [0, 0.05) is 67.0 Å². The van der Waals surface area contributed by atoms with Crippen molar-refractivity contribution >= 4 is 43.6 Å². The van der Waals surface area contributed by atoms with Crippen LogP contribution in [0, 0.1) is 0 Å². The number of hydrogen-bond acceptors (Lipinski definition) is 2. The van der Waals surface area contributed by atoms with Gasteiger partial charge in [-0.25, -0.2) is 0 Å². The van der Waals surface area contributed by atoms with E-state index in [1.54, 1.807) is 14.2 Å². The zero-order valence-corrected chi connectivity index (χ0v) is 31.7. The molecule has 9 rings (SSSR count). The van der Waals surface area contributed by atoms with Crippen molar-refractivity contribution in [2.45, 2.75) is 38.5 Å². The van der Waals surface area contributed by atoms with Gasteiger partial charge in [-0.2, -0.15) is 0 Å². The van der Waals surface area contributed by atoms with Gasteiger partial charge in [-0.1, -0.05) is 137 Å². The van der Waals surface area contributed by atoms with Crippen LogP contribution in [0.15, 0.2) is 158 Å². The minimum atomic E-state index is -0.310. The summed E-state index contributed by atoms with van der Waals surface area (Å²) in [6.07, 6.45) is 0. The molecule has 54 heavy (non-hydrogen) atoms. The molecule has 0 saturated heterocycles. The third-order valence-electron chi connectivity index (χ3n) is 11.7. The van der Waals surface area contributed by atoms with Gasteiger partial charge in [-0.15, -0.1) is 0 Å². The number of nitrogens with zero attached hydrogens (tertiary/aromatic N) is 2. The molecule has 0 N–H and O–H groups in total. The van der Waals surface area contributed by atoms with Gasteiger partial charge in [0.15, 0.2) is 0 Å². The molecular formula is C50H44N2O2. The smallest absolute Gasteiger partial charge is 0.125 e. The lowest BCUT2D eigenvalue weighted by Gasteiger charge is -2.31. The van der Waals surface area contributed by atoms with Crippen molar-refractivity contribution in [3.63, 3.8) is 0 Å². The van der Waals surface area contributed by atoms with E-state index in [0.29, 0.717) is 0 Å². The van der Waals surface area contributed by atoms with E-state index in [1.165, 1.54) is 54.7 Å². The first kappa shape index (κ1) is 33.6. The predicted molar refractivity (Wildman–Crippen MR) is 225 cm³/mol. The molecule has 2 aromatic heterocycles. The first-order chi connectivity index (χ1) is 26.2. The quantitative estimate of drug-likeness (QED) is 0.158. The molecule has 0 fully saturated rings. The topological polar surface area (TPSA) is 28.3 Å². The lowest BCUT2D eigenvalue weighted by Crippen LogP contribution is -2.22. The van der Waals surface area contributed by atoms with Gasteiger partial charge in [0.2, 0.25) is 0 Å². The summed E-state index contributed by atoms with van der Waals surface area (Å²) in [4.78, 5) is 0. The molecule has 0 saturated carbocycles. The van der Waals surface area contributed by atoms with E-state index in [2.05, 4.69) is 195 Å². The largest absolute Gasteiger partial charge is 0.496 e. The van der Waals surface area contributed by atoms with Crippen molar-refractivity contribution < 1.29 is 9.47 Å². The number of rotatable bonds is 8. The first-order valence-electron chi connectivity index (χ1n) is 18.7. The van der Waals surface area contributed by atoms with Crippen LogP contribution >= 0.6 is 0 Å². The van der Waals surface area contributed by atoms with Gasteiger partial charge >= 0.3 is 0 Å². The molecule has 0 atom stereocenters. The number of methoxy groups -OCH3 is 2. The Morgan fingerprint density at radius 3 is 0.963 bits per heavy atom. The number of ether oxygens (including phenoxy) is 2. The summed E-state index contributed by atoms with van der Waals surface area (Å²) in [7, 11) is 3.55. The predicted octanol–water partition coefficient (Wildman–Crippen LogP) is 12.5. The van der Waals surface area contributed by atoms with Crippen LogP contribution in [0.25, 0.3) is 55.0 Å². The molecule has 0 amide bonds. The second kappa shape index (κ2) is 12.7. The second-order valence-corrected chi connectivity index (χ2v) is 15.3. The molecule has 0 unspecified atom stereocenters. The van der Waals surface area contributed by atoms with Crippen molar-refractivity contribution in [2.75, 3.05) is 14.2 Å². The molecule has 4 nitrogen and oxygen atoms in total. The normalized spacial score (nSPS) is 12.3.